The molecule has 1 N–H and O–H groups in total. The second kappa shape index (κ2) is 10.0. The summed E-state index contributed by atoms with van der Waals surface area (Å²) in [4.78, 5) is 43.2. The van der Waals surface area contributed by atoms with Crippen LogP contribution in [0.2, 0.25) is 0 Å². The Morgan fingerprint density at radius 2 is 1.75 bits per heavy atom. The molecule has 2 unspecified atom stereocenters. The third-order valence-electron chi connectivity index (χ3n) is 7.22. The number of hydrogen-bond acceptors (Lipinski definition) is 4. The lowest BCUT2D eigenvalue weighted by molar-refractivity contribution is -0.141. The normalized spacial score (nSPS) is 24.4. The molecule has 4 rings (SSSR count). The SMILES string of the molecule is CC(=O)N1CCC2CCCC(CN(C(=O)CCC(=O)O)Cc3ccccc31)N2CC1CC1. The Balaban J connectivity index is 1.68. The summed E-state index contributed by atoms with van der Waals surface area (Å²) in [5.41, 5.74) is 1.80. The smallest absolute Gasteiger partial charge is 0.303 e. The Morgan fingerprint density at radius 3 is 2.47 bits per heavy atom. The number of hydrogen-bond donors (Lipinski definition) is 1. The largest absolute Gasteiger partial charge is 0.481 e. The molecule has 7 nitrogen and oxygen atoms in total. The van der Waals surface area contributed by atoms with Gasteiger partial charge >= 0.3 is 5.97 Å². The Labute approximate surface area is 190 Å². The molecule has 1 aliphatic carbocycles. The number of nitrogens with zero attached hydrogens (tertiary/aromatic N) is 3. The van der Waals surface area contributed by atoms with Crippen molar-refractivity contribution >= 4 is 23.5 Å². The van der Waals surface area contributed by atoms with Gasteiger partial charge in [0.05, 0.1) is 6.42 Å². The molecule has 2 amide bonds. The van der Waals surface area contributed by atoms with Gasteiger partial charge in [-0.1, -0.05) is 24.6 Å². The van der Waals surface area contributed by atoms with Gasteiger partial charge in [0, 0.05) is 57.3 Å². The molecule has 2 atom stereocenters. The number of amides is 2. The number of fused-ring (bicyclic) bond motifs is 3. The van der Waals surface area contributed by atoms with Gasteiger partial charge in [-0.2, -0.15) is 0 Å². The highest BCUT2D eigenvalue weighted by Crippen LogP contribution is 2.36. The first-order valence-corrected chi connectivity index (χ1v) is 12.0. The second-order valence-corrected chi connectivity index (χ2v) is 9.63. The number of carbonyl (C=O) groups is 3. The third kappa shape index (κ3) is 5.49. The average Bonchev–Trinajstić information content (AvgIpc) is 3.58. The predicted octanol–water partition coefficient (Wildman–Crippen LogP) is 3.27. The fraction of sp³-hybridized carbons (Fsp3) is 0.640. The van der Waals surface area contributed by atoms with Crippen molar-refractivity contribution < 1.29 is 19.5 Å². The highest BCUT2D eigenvalue weighted by molar-refractivity contribution is 5.92. The van der Waals surface area contributed by atoms with E-state index in [9.17, 15) is 14.4 Å². The molecule has 2 heterocycles. The molecule has 174 valence electrons. The number of rotatable bonds is 5. The Bertz CT molecular complexity index is 853. The Morgan fingerprint density at radius 1 is 1.00 bits per heavy atom. The summed E-state index contributed by atoms with van der Waals surface area (Å²) in [5.74, 6) is -0.307. The Kier molecular flexibility index (Phi) is 7.13. The number of carboxylic acid groups (broad SMARTS) is 1. The quantitative estimate of drug-likeness (QED) is 0.759. The first-order valence-electron chi connectivity index (χ1n) is 12.0. The maximum absolute atomic E-state index is 13.1. The molecular weight excluding hydrogens is 406 g/mol. The van der Waals surface area contributed by atoms with Crippen LogP contribution in [0.5, 0.6) is 0 Å². The van der Waals surface area contributed by atoms with Crippen LogP contribution in [0.3, 0.4) is 0 Å². The number of anilines is 1. The molecule has 32 heavy (non-hydrogen) atoms. The monoisotopic (exact) mass is 441 g/mol. The van der Waals surface area contributed by atoms with Crippen LogP contribution in [0.25, 0.3) is 0 Å². The van der Waals surface area contributed by atoms with E-state index in [4.69, 9.17) is 5.11 Å². The highest BCUT2D eigenvalue weighted by atomic mass is 16.4. The number of carboxylic acids is 1. The van der Waals surface area contributed by atoms with Crippen molar-refractivity contribution in [3.05, 3.63) is 29.8 Å². The third-order valence-corrected chi connectivity index (χ3v) is 7.22. The summed E-state index contributed by atoms with van der Waals surface area (Å²) in [6.45, 7) is 4.38. The zero-order valence-electron chi connectivity index (χ0n) is 19.0. The molecule has 3 aliphatic rings. The maximum Gasteiger partial charge on any atom is 0.303 e. The van der Waals surface area contributed by atoms with Gasteiger partial charge in [0.25, 0.3) is 0 Å². The molecule has 7 heteroatoms. The summed E-state index contributed by atoms with van der Waals surface area (Å²) < 4.78 is 0. The molecule has 1 saturated carbocycles. The van der Waals surface area contributed by atoms with Crippen LogP contribution < -0.4 is 4.90 Å². The van der Waals surface area contributed by atoms with Crippen molar-refractivity contribution in [1.82, 2.24) is 9.80 Å². The average molecular weight is 442 g/mol. The standard InChI is InChI=1S/C25H35N3O4/c1-18(29)27-14-13-21-6-4-7-22(28(21)15-19-9-10-19)17-26(24(30)11-12-25(31)32)16-20-5-2-3-8-23(20)27/h2-3,5,8,19,21-22H,4,6-7,9-17H2,1H3,(H,31,32). The highest BCUT2D eigenvalue weighted by Gasteiger charge is 2.37. The molecule has 2 bridgehead atoms. The van der Waals surface area contributed by atoms with Gasteiger partial charge in [-0.15, -0.1) is 0 Å². The van der Waals surface area contributed by atoms with Crippen LogP contribution in [0.1, 0.15) is 63.9 Å². The minimum absolute atomic E-state index is 0.00664. The summed E-state index contributed by atoms with van der Waals surface area (Å²) >= 11 is 0. The van der Waals surface area contributed by atoms with E-state index < -0.39 is 5.97 Å². The van der Waals surface area contributed by atoms with E-state index in [1.807, 2.05) is 34.1 Å². The summed E-state index contributed by atoms with van der Waals surface area (Å²) in [6, 6.07) is 8.52. The topological polar surface area (TPSA) is 81.2 Å². The van der Waals surface area contributed by atoms with Crippen LogP contribution in [0, 0.1) is 5.92 Å². The molecule has 2 aliphatic heterocycles. The van der Waals surface area contributed by atoms with Crippen molar-refractivity contribution in [3.63, 3.8) is 0 Å². The lowest BCUT2D eigenvalue weighted by Crippen LogP contribution is -2.53. The minimum Gasteiger partial charge on any atom is -0.481 e. The van der Waals surface area contributed by atoms with Gasteiger partial charge in [-0.3, -0.25) is 19.3 Å². The minimum atomic E-state index is -0.951. The first kappa shape index (κ1) is 22.8. The van der Waals surface area contributed by atoms with Crippen LogP contribution in [-0.4, -0.2) is 64.4 Å². The molecule has 1 aromatic rings. The molecule has 0 spiro atoms. The summed E-state index contributed by atoms with van der Waals surface area (Å²) in [6.07, 6.45) is 6.66. The van der Waals surface area contributed by atoms with Gasteiger partial charge in [-0.05, 0) is 49.7 Å². The summed E-state index contributed by atoms with van der Waals surface area (Å²) in [5, 5.41) is 9.10. The predicted molar refractivity (Wildman–Crippen MR) is 122 cm³/mol. The molecule has 0 aromatic heterocycles. The Hall–Kier alpha value is -2.41. The molecule has 1 saturated heterocycles. The van der Waals surface area contributed by atoms with E-state index in [1.165, 1.54) is 12.8 Å². The lowest BCUT2D eigenvalue weighted by atomic mass is 9.92. The van der Waals surface area contributed by atoms with Crippen LogP contribution in [0.15, 0.2) is 24.3 Å². The molecule has 1 aromatic carbocycles. The maximum atomic E-state index is 13.1. The lowest BCUT2D eigenvalue weighted by Gasteiger charge is -2.44. The number of piperidine rings is 1. The van der Waals surface area contributed by atoms with E-state index in [0.29, 0.717) is 31.7 Å². The fourth-order valence-corrected chi connectivity index (χ4v) is 5.34. The van der Waals surface area contributed by atoms with E-state index >= 15 is 0 Å². The van der Waals surface area contributed by atoms with Crippen molar-refractivity contribution in [2.75, 3.05) is 24.5 Å². The summed E-state index contributed by atoms with van der Waals surface area (Å²) in [7, 11) is 0. The number of para-hydroxylation sites is 1. The zero-order chi connectivity index (χ0) is 22.7. The van der Waals surface area contributed by atoms with Crippen molar-refractivity contribution in [2.45, 2.75) is 76.9 Å². The van der Waals surface area contributed by atoms with Gasteiger partial charge in [-0.25, -0.2) is 0 Å². The van der Waals surface area contributed by atoms with Gasteiger partial charge in [0.15, 0.2) is 0 Å². The van der Waals surface area contributed by atoms with E-state index in [-0.39, 0.29) is 24.7 Å². The van der Waals surface area contributed by atoms with Gasteiger partial charge in [0.2, 0.25) is 11.8 Å². The molecule has 2 fully saturated rings. The fourth-order valence-electron chi connectivity index (χ4n) is 5.34. The zero-order valence-corrected chi connectivity index (χ0v) is 19.0. The second-order valence-electron chi connectivity index (χ2n) is 9.63. The van der Waals surface area contributed by atoms with Crippen LogP contribution in [-0.2, 0) is 20.9 Å². The van der Waals surface area contributed by atoms with E-state index in [1.54, 1.807) is 6.92 Å². The van der Waals surface area contributed by atoms with E-state index in [2.05, 4.69) is 4.90 Å². The number of aliphatic carboxylic acids is 1. The van der Waals surface area contributed by atoms with Crippen molar-refractivity contribution in [2.24, 2.45) is 5.92 Å². The van der Waals surface area contributed by atoms with Crippen LogP contribution >= 0.6 is 0 Å². The number of benzene rings is 1. The van der Waals surface area contributed by atoms with E-state index in [0.717, 1.165) is 49.4 Å². The van der Waals surface area contributed by atoms with Gasteiger partial charge in [0.1, 0.15) is 0 Å². The first-order chi connectivity index (χ1) is 15.4. The van der Waals surface area contributed by atoms with Crippen molar-refractivity contribution in [3.8, 4) is 0 Å². The van der Waals surface area contributed by atoms with Crippen LogP contribution in [0.4, 0.5) is 5.69 Å². The van der Waals surface area contributed by atoms with Crippen molar-refractivity contribution in [1.29, 1.82) is 0 Å². The molecular formula is C25H35N3O4. The van der Waals surface area contributed by atoms with Gasteiger partial charge < -0.3 is 14.9 Å². The molecule has 0 radical (unpaired) electrons. The number of carbonyl (C=O) groups excluding carboxylic acids is 2.